The zero-order chi connectivity index (χ0) is 22.6. The number of furan rings is 2. The summed E-state index contributed by atoms with van der Waals surface area (Å²) in [6.45, 7) is 1.07. The molecule has 4 rings (SSSR count). The molecule has 1 aromatic carbocycles. The van der Waals surface area contributed by atoms with E-state index in [4.69, 9.17) is 8.83 Å². The van der Waals surface area contributed by atoms with Crippen molar-refractivity contribution in [2.24, 2.45) is 0 Å². The van der Waals surface area contributed by atoms with Gasteiger partial charge in [0.2, 0.25) is 10.0 Å². The highest BCUT2D eigenvalue weighted by molar-refractivity contribution is 7.89. The van der Waals surface area contributed by atoms with Gasteiger partial charge in [-0.25, -0.2) is 13.1 Å². The van der Waals surface area contributed by atoms with Gasteiger partial charge >= 0.3 is 0 Å². The van der Waals surface area contributed by atoms with Gasteiger partial charge in [0.15, 0.2) is 5.76 Å². The van der Waals surface area contributed by atoms with E-state index in [0.717, 1.165) is 0 Å². The molecule has 9 nitrogen and oxygen atoms in total. The van der Waals surface area contributed by atoms with Gasteiger partial charge in [-0.15, -0.1) is 0 Å². The van der Waals surface area contributed by atoms with Crippen molar-refractivity contribution in [2.75, 3.05) is 13.1 Å². The number of carbonyl (C=O) groups excluding carboxylic acids is 2. The molecular formula is C22H23N3O6S. The van der Waals surface area contributed by atoms with Gasteiger partial charge in [-0.3, -0.25) is 9.59 Å². The molecule has 0 unspecified atom stereocenters. The molecule has 10 heteroatoms. The van der Waals surface area contributed by atoms with E-state index < -0.39 is 10.0 Å². The van der Waals surface area contributed by atoms with Crippen molar-refractivity contribution in [2.45, 2.75) is 30.3 Å². The number of nitrogens with one attached hydrogen (secondary N) is 2. The van der Waals surface area contributed by atoms with E-state index >= 15 is 0 Å². The molecule has 2 aromatic heterocycles. The van der Waals surface area contributed by atoms with E-state index in [9.17, 15) is 18.0 Å². The monoisotopic (exact) mass is 457 g/mol. The highest BCUT2D eigenvalue weighted by Crippen LogP contribution is 2.16. The summed E-state index contributed by atoms with van der Waals surface area (Å²) in [6.07, 6.45) is 4.19. The minimum atomic E-state index is -3.73. The second-order valence-electron chi connectivity index (χ2n) is 7.45. The maximum atomic E-state index is 12.6. The second kappa shape index (κ2) is 9.41. The number of carbonyl (C=O) groups is 2. The van der Waals surface area contributed by atoms with Gasteiger partial charge < -0.3 is 19.1 Å². The van der Waals surface area contributed by atoms with E-state index in [0.29, 0.717) is 43.0 Å². The summed E-state index contributed by atoms with van der Waals surface area (Å²) in [5.41, 5.74) is 0.365. The molecule has 0 atom stereocenters. The molecule has 2 N–H and O–H groups in total. The predicted octanol–water partition coefficient (Wildman–Crippen LogP) is 2.39. The number of piperidine rings is 1. The lowest BCUT2D eigenvalue weighted by Crippen LogP contribution is -2.46. The number of rotatable bonds is 7. The Morgan fingerprint density at radius 3 is 2.28 bits per heavy atom. The number of hydrogen-bond donors (Lipinski definition) is 2. The lowest BCUT2D eigenvalue weighted by atomic mass is 10.0. The van der Waals surface area contributed by atoms with Crippen LogP contribution in [-0.4, -0.2) is 44.3 Å². The summed E-state index contributed by atoms with van der Waals surface area (Å²) in [5.74, 6) is 0.369. The SMILES string of the molecule is O=C(NC1CCN(C(=O)c2ccco2)CC1)c1ccc(S(=O)(=O)NCc2ccco2)cc1. The van der Waals surface area contributed by atoms with Gasteiger partial charge in [0.05, 0.1) is 24.0 Å². The van der Waals surface area contributed by atoms with Crippen LogP contribution in [0.2, 0.25) is 0 Å². The van der Waals surface area contributed by atoms with Crippen molar-refractivity contribution in [3.63, 3.8) is 0 Å². The Morgan fingerprint density at radius 1 is 0.969 bits per heavy atom. The van der Waals surface area contributed by atoms with Gasteiger partial charge in [0.1, 0.15) is 5.76 Å². The molecular weight excluding hydrogens is 434 g/mol. The smallest absolute Gasteiger partial charge is 0.289 e. The van der Waals surface area contributed by atoms with Crippen LogP contribution in [0.1, 0.15) is 39.5 Å². The molecule has 1 saturated heterocycles. The Labute approximate surface area is 185 Å². The number of likely N-dealkylation sites (tertiary alicyclic amines) is 1. The maximum Gasteiger partial charge on any atom is 0.289 e. The maximum absolute atomic E-state index is 12.6. The molecule has 1 aliphatic rings. The van der Waals surface area contributed by atoms with Crippen molar-refractivity contribution >= 4 is 21.8 Å². The average Bonchev–Trinajstić information content (AvgIpc) is 3.52. The van der Waals surface area contributed by atoms with Crippen LogP contribution in [0.25, 0.3) is 0 Å². The van der Waals surface area contributed by atoms with Crippen molar-refractivity contribution < 1.29 is 26.8 Å². The molecule has 0 aliphatic carbocycles. The van der Waals surface area contributed by atoms with Gasteiger partial charge in [-0.2, -0.15) is 0 Å². The Balaban J connectivity index is 1.29. The summed E-state index contributed by atoms with van der Waals surface area (Å²) >= 11 is 0. The summed E-state index contributed by atoms with van der Waals surface area (Å²) in [6, 6.07) is 12.3. The standard InChI is InChI=1S/C22H23N3O6S/c26-21(24-17-9-11-25(12-10-17)22(27)20-4-2-14-31-20)16-5-7-19(8-6-16)32(28,29)23-15-18-3-1-13-30-18/h1-8,13-14,17,23H,9-12,15H2,(H,24,26). The van der Waals surface area contributed by atoms with E-state index in [-0.39, 0.29) is 29.3 Å². The Bertz CT molecular complexity index is 1150. The minimum Gasteiger partial charge on any atom is -0.468 e. The van der Waals surface area contributed by atoms with Crippen LogP contribution in [0.15, 0.2) is 74.8 Å². The van der Waals surface area contributed by atoms with Gasteiger partial charge in [0, 0.05) is 24.7 Å². The fourth-order valence-electron chi connectivity index (χ4n) is 3.50. The Kier molecular flexibility index (Phi) is 6.42. The quantitative estimate of drug-likeness (QED) is 0.562. The van der Waals surface area contributed by atoms with Crippen LogP contribution in [0.5, 0.6) is 0 Å². The molecule has 1 aliphatic heterocycles. The van der Waals surface area contributed by atoms with Gasteiger partial charge in [0.25, 0.3) is 11.8 Å². The fraction of sp³-hybridized carbons (Fsp3) is 0.273. The zero-order valence-corrected chi connectivity index (χ0v) is 18.0. The molecule has 0 bridgehead atoms. The number of hydrogen-bond acceptors (Lipinski definition) is 6. The number of amides is 2. The molecule has 32 heavy (non-hydrogen) atoms. The van der Waals surface area contributed by atoms with Crippen LogP contribution in [0, 0.1) is 0 Å². The van der Waals surface area contributed by atoms with Crippen LogP contribution in [0.4, 0.5) is 0 Å². The molecule has 0 radical (unpaired) electrons. The molecule has 0 saturated carbocycles. The number of nitrogens with zero attached hydrogens (tertiary/aromatic N) is 1. The van der Waals surface area contributed by atoms with Crippen molar-refractivity contribution in [3.05, 3.63) is 78.1 Å². The third-order valence-corrected chi connectivity index (χ3v) is 6.71. The number of sulfonamides is 1. The summed E-state index contributed by atoms with van der Waals surface area (Å²) in [4.78, 5) is 26.7. The fourth-order valence-corrected chi connectivity index (χ4v) is 4.49. The first kappa shape index (κ1) is 21.8. The van der Waals surface area contributed by atoms with Crippen LogP contribution in [-0.2, 0) is 16.6 Å². The largest absolute Gasteiger partial charge is 0.468 e. The lowest BCUT2D eigenvalue weighted by molar-refractivity contribution is 0.0667. The predicted molar refractivity (Wildman–Crippen MR) is 114 cm³/mol. The van der Waals surface area contributed by atoms with E-state index in [1.54, 1.807) is 29.2 Å². The molecule has 168 valence electrons. The van der Waals surface area contributed by atoms with Crippen LogP contribution < -0.4 is 10.0 Å². The summed E-state index contributed by atoms with van der Waals surface area (Å²) in [7, 11) is -3.73. The first-order chi connectivity index (χ1) is 15.4. The molecule has 0 spiro atoms. The van der Waals surface area contributed by atoms with Gasteiger partial charge in [-0.1, -0.05) is 0 Å². The van der Waals surface area contributed by atoms with Crippen molar-refractivity contribution in [1.82, 2.24) is 14.9 Å². The normalized spacial score (nSPS) is 14.9. The molecule has 1 fully saturated rings. The Hall–Kier alpha value is -3.37. The third-order valence-electron chi connectivity index (χ3n) is 5.29. The highest BCUT2D eigenvalue weighted by Gasteiger charge is 2.26. The lowest BCUT2D eigenvalue weighted by Gasteiger charge is -2.31. The van der Waals surface area contributed by atoms with E-state index in [1.807, 2.05) is 0 Å². The zero-order valence-electron chi connectivity index (χ0n) is 17.2. The van der Waals surface area contributed by atoms with Crippen LogP contribution >= 0.6 is 0 Å². The first-order valence-electron chi connectivity index (χ1n) is 10.2. The van der Waals surface area contributed by atoms with E-state index in [2.05, 4.69) is 10.0 Å². The topological polar surface area (TPSA) is 122 Å². The minimum absolute atomic E-state index is 0.0404. The molecule has 3 heterocycles. The third kappa shape index (κ3) is 5.09. The summed E-state index contributed by atoms with van der Waals surface area (Å²) < 4.78 is 37.5. The number of benzene rings is 1. The highest BCUT2D eigenvalue weighted by atomic mass is 32.2. The average molecular weight is 458 g/mol. The first-order valence-corrected chi connectivity index (χ1v) is 11.7. The Morgan fingerprint density at radius 2 is 1.66 bits per heavy atom. The van der Waals surface area contributed by atoms with Crippen molar-refractivity contribution in [1.29, 1.82) is 0 Å². The van der Waals surface area contributed by atoms with Crippen LogP contribution in [0.3, 0.4) is 0 Å². The van der Waals surface area contributed by atoms with Crippen molar-refractivity contribution in [3.8, 4) is 0 Å². The molecule has 2 amide bonds. The summed E-state index contributed by atoms with van der Waals surface area (Å²) in [5, 5.41) is 2.95. The second-order valence-corrected chi connectivity index (χ2v) is 9.21. The van der Waals surface area contributed by atoms with Gasteiger partial charge in [-0.05, 0) is 61.4 Å². The van der Waals surface area contributed by atoms with E-state index in [1.165, 1.54) is 36.8 Å². The molecule has 3 aromatic rings.